The smallest absolute Gasteiger partial charge is 0.358 e. The van der Waals surface area contributed by atoms with Crippen molar-refractivity contribution in [2.75, 3.05) is 27.2 Å². The Morgan fingerprint density at radius 2 is 1.25 bits per heavy atom. The predicted molar refractivity (Wildman–Crippen MR) is 304 cm³/mol. The number of para-hydroxylation sites is 2. The van der Waals surface area contributed by atoms with E-state index in [1.807, 2.05) is 103 Å². The number of carboxylic acids is 1. The first kappa shape index (κ1) is 55.5. The van der Waals surface area contributed by atoms with Crippen molar-refractivity contribution in [2.45, 2.75) is 107 Å². The molecular formula is C64H71N9O6. The normalized spacial score (nSPS) is 20.1. The number of piperidine rings is 1. The molecule has 0 spiro atoms. The number of hydrogen-bond donors (Lipinski definition) is 3. The minimum atomic E-state index is -1.06. The number of aromatic carboxylic acids is 1. The lowest BCUT2D eigenvalue weighted by molar-refractivity contribution is 0.0225. The molecule has 11 rings (SSSR count). The number of ether oxygens (including phenoxy) is 1. The Morgan fingerprint density at radius 3 is 1.87 bits per heavy atom. The van der Waals surface area contributed by atoms with Gasteiger partial charge in [0.15, 0.2) is 11.5 Å². The molecule has 0 unspecified atom stereocenters. The van der Waals surface area contributed by atoms with Crippen LogP contribution in [-0.4, -0.2) is 96.9 Å². The van der Waals surface area contributed by atoms with Crippen molar-refractivity contribution >= 4 is 17.8 Å². The van der Waals surface area contributed by atoms with Crippen molar-refractivity contribution in [2.24, 2.45) is 0 Å². The summed E-state index contributed by atoms with van der Waals surface area (Å²) >= 11 is 0. The monoisotopic (exact) mass is 1060 g/mol. The molecule has 8 aromatic rings. The van der Waals surface area contributed by atoms with Gasteiger partial charge in [0.2, 0.25) is 5.88 Å². The maximum Gasteiger partial charge on any atom is 0.358 e. The van der Waals surface area contributed by atoms with Gasteiger partial charge in [0.25, 0.3) is 11.8 Å². The summed E-state index contributed by atoms with van der Waals surface area (Å²) in [5, 5.41) is 23.2. The third-order valence-corrected chi connectivity index (χ3v) is 15.6. The summed E-state index contributed by atoms with van der Waals surface area (Å²) in [6, 6.07) is 53.4. The number of carbonyl (C=O) groups is 3. The number of pyridine rings is 2. The summed E-state index contributed by atoms with van der Waals surface area (Å²) in [5.74, 6) is 0.899. The van der Waals surface area contributed by atoms with Gasteiger partial charge in [-0.3, -0.25) is 24.4 Å². The first-order chi connectivity index (χ1) is 38.5. The second-order valence-corrected chi connectivity index (χ2v) is 20.8. The second-order valence-electron chi connectivity index (χ2n) is 20.8. The summed E-state index contributed by atoms with van der Waals surface area (Å²) in [6.07, 6.45) is 15.9. The van der Waals surface area contributed by atoms with Crippen LogP contribution in [0, 0.1) is 6.92 Å². The molecule has 1 saturated heterocycles. The molecule has 2 saturated carbocycles. The number of aromatic nitrogens is 5. The fourth-order valence-electron chi connectivity index (χ4n) is 11.3. The molecule has 3 N–H and O–H groups in total. The lowest BCUT2D eigenvalue weighted by atomic mass is 9.73. The third kappa shape index (κ3) is 13.9. The first-order valence-electron chi connectivity index (χ1n) is 27.5. The van der Waals surface area contributed by atoms with Crippen LogP contribution in [0.4, 0.5) is 0 Å². The number of aryl methyl sites for hydroxylation is 1. The maximum atomic E-state index is 13.0. The van der Waals surface area contributed by atoms with E-state index in [0.29, 0.717) is 35.1 Å². The number of hydrogen-bond acceptors (Lipinski definition) is 11. The second kappa shape index (κ2) is 26.4. The minimum Gasteiger partial charge on any atom is -0.476 e. The van der Waals surface area contributed by atoms with E-state index >= 15 is 0 Å². The quantitative estimate of drug-likeness (QED) is 0.0939. The summed E-state index contributed by atoms with van der Waals surface area (Å²) < 4.78 is 11.7. The van der Waals surface area contributed by atoms with Gasteiger partial charge in [0.1, 0.15) is 17.1 Å². The van der Waals surface area contributed by atoms with E-state index in [4.69, 9.17) is 14.3 Å². The Hall–Kier alpha value is -8.27. The number of furan rings is 1. The molecule has 3 fully saturated rings. The highest BCUT2D eigenvalue weighted by molar-refractivity contribution is 5.96. The standard InChI is InChI=1S/C29H34N2O2.C25H28N4O2.C10H9N3O2/c32-28(27-15-14-26(33-27)22-23-10-4-1-5-11-23)30-25-16-18-29(19-17-25,24-12-6-2-7-13-24)31-20-8-3-9-21-31;1-29(2)25(22-12-6-7-17-26-22)15-13-19(14-16-25)28-23(30)21-11-8-18-27-24(21)31-20-9-4-3-5-10-20;1-7-9(10(14)15)12-13(11-7)8-5-3-2-4-6-8/h1-2,4-7,10-15,25H,3,8-9,16-22H2,(H,30,32);3-12,17-19H,13-16H2,1-2H3,(H,28,30);2-6H,1H3,(H,14,15). The van der Waals surface area contributed by atoms with Gasteiger partial charge in [0, 0.05) is 36.4 Å². The van der Waals surface area contributed by atoms with Crippen LogP contribution >= 0.6 is 0 Å². The molecule has 79 heavy (non-hydrogen) atoms. The predicted octanol–water partition coefficient (Wildman–Crippen LogP) is 11.6. The summed E-state index contributed by atoms with van der Waals surface area (Å²) in [7, 11) is 4.22. The number of rotatable bonds is 14. The highest BCUT2D eigenvalue weighted by Gasteiger charge is 2.43. The van der Waals surface area contributed by atoms with Gasteiger partial charge in [-0.1, -0.05) is 110 Å². The van der Waals surface area contributed by atoms with Gasteiger partial charge in [-0.05, 0) is 170 Å². The Labute approximate surface area is 463 Å². The summed E-state index contributed by atoms with van der Waals surface area (Å²) in [4.78, 5) is 51.9. The number of amides is 2. The van der Waals surface area contributed by atoms with Crippen LogP contribution in [0.25, 0.3) is 5.69 Å². The molecule has 0 bridgehead atoms. The molecule has 4 aromatic carbocycles. The molecule has 1 aliphatic heterocycles. The van der Waals surface area contributed by atoms with Gasteiger partial charge in [-0.2, -0.15) is 9.90 Å². The molecule has 5 heterocycles. The lowest BCUT2D eigenvalue weighted by Gasteiger charge is -2.50. The Bertz CT molecular complexity index is 3190. The van der Waals surface area contributed by atoms with Gasteiger partial charge in [-0.25, -0.2) is 9.78 Å². The number of nitrogens with zero attached hydrogens (tertiary/aromatic N) is 7. The zero-order chi connectivity index (χ0) is 55.0. The van der Waals surface area contributed by atoms with E-state index < -0.39 is 5.97 Å². The molecule has 0 radical (unpaired) electrons. The zero-order valence-corrected chi connectivity index (χ0v) is 45.4. The molecule has 0 atom stereocenters. The molecule has 15 heteroatoms. The van der Waals surface area contributed by atoms with Crippen LogP contribution in [0.2, 0.25) is 0 Å². The van der Waals surface area contributed by atoms with Crippen molar-refractivity contribution in [3.8, 4) is 17.3 Å². The molecule has 15 nitrogen and oxygen atoms in total. The zero-order valence-electron chi connectivity index (χ0n) is 45.4. The average molecular weight is 1060 g/mol. The summed E-state index contributed by atoms with van der Waals surface area (Å²) in [5.41, 5.74) is 5.30. The molecule has 2 aliphatic carbocycles. The van der Waals surface area contributed by atoms with Gasteiger partial charge >= 0.3 is 5.97 Å². The van der Waals surface area contributed by atoms with Crippen LogP contribution < -0.4 is 15.4 Å². The number of carboxylic acid groups (broad SMARTS) is 1. The molecule has 3 aliphatic rings. The first-order valence-corrected chi connectivity index (χ1v) is 27.5. The lowest BCUT2D eigenvalue weighted by Crippen LogP contribution is -2.53. The van der Waals surface area contributed by atoms with Crippen LogP contribution in [-0.2, 0) is 17.5 Å². The van der Waals surface area contributed by atoms with E-state index in [2.05, 4.69) is 103 Å². The van der Waals surface area contributed by atoms with E-state index in [9.17, 15) is 14.4 Å². The van der Waals surface area contributed by atoms with Crippen molar-refractivity contribution in [1.29, 1.82) is 0 Å². The minimum absolute atomic E-state index is 0.0150. The highest BCUT2D eigenvalue weighted by Crippen LogP contribution is 2.44. The van der Waals surface area contributed by atoms with Crippen molar-refractivity contribution in [1.82, 2.24) is 45.4 Å². The molecule has 2 amide bonds. The Morgan fingerprint density at radius 1 is 0.658 bits per heavy atom. The van der Waals surface area contributed by atoms with Crippen LogP contribution in [0.1, 0.15) is 130 Å². The Balaban J connectivity index is 0.000000153. The largest absolute Gasteiger partial charge is 0.476 e. The van der Waals surface area contributed by atoms with Gasteiger partial charge in [-0.15, -0.1) is 5.10 Å². The molecule has 4 aromatic heterocycles. The molecule has 408 valence electrons. The summed E-state index contributed by atoms with van der Waals surface area (Å²) in [6.45, 7) is 3.99. The Kier molecular flexibility index (Phi) is 18.5. The number of benzene rings is 4. The van der Waals surface area contributed by atoms with Crippen molar-refractivity contribution in [3.05, 3.63) is 221 Å². The van der Waals surface area contributed by atoms with Crippen molar-refractivity contribution in [3.63, 3.8) is 0 Å². The van der Waals surface area contributed by atoms with E-state index in [0.717, 1.165) is 68.5 Å². The number of nitrogens with one attached hydrogen (secondary N) is 2. The highest BCUT2D eigenvalue weighted by atomic mass is 16.5. The fraction of sp³-hybridized carbons (Fsp3) is 0.328. The van der Waals surface area contributed by atoms with E-state index in [1.165, 1.54) is 48.3 Å². The molecular weight excluding hydrogens is 991 g/mol. The third-order valence-electron chi connectivity index (χ3n) is 15.6. The number of carbonyl (C=O) groups excluding carboxylic acids is 2. The average Bonchev–Trinajstić information content (AvgIpc) is 4.18. The van der Waals surface area contributed by atoms with Crippen LogP contribution in [0.15, 0.2) is 181 Å². The van der Waals surface area contributed by atoms with E-state index in [1.54, 1.807) is 31.3 Å². The van der Waals surface area contributed by atoms with Crippen LogP contribution in [0.3, 0.4) is 0 Å². The van der Waals surface area contributed by atoms with Gasteiger partial charge < -0.3 is 24.9 Å². The topological polar surface area (TPSA) is 181 Å². The SMILES string of the molecule is CN(C)C1(c2ccccn2)CCC(NC(=O)c2cccnc2Oc2ccccc2)CC1.Cc1nn(-c2ccccc2)nc1C(=O)O.O=C(NC1CCC(c2ccccc2)(N2CCCCC2)CC1)c1ccc(Cc2ccccc2)o1. The maximum absolute atomic E-state index is 13.0. The van der Waals surface area contributed by atoms with E-state index in [-0.39, 0.29) is 40.7 Å². The van der Waals surface area contributed by atoms with Gasteiger partial charge in [0.05, 0.1) is 22.6 Å². The van der Waals surface area contributed by atoms with Crippen LogP contribution in [0.5, 0.6) is 11.6 Å². The number of likely N-dealkylation sites (tertiary alicyclic amines) is 1. The fourth-order valence-corrected chi connectivity index (χ4v) is 11.3. The van der Waals surface area contributed by atoms with Crippen molar-refractivity contribution < 1.29 is 28.6 Å².